The molecule has 1 fully saturated rings. The Labute approximate surface area is 157 Å². The van der Waals surface area contributed by atoms with Crippen LogP contribution in [0.3, 0.4) is 0 Å². The number of benzene rings is 2. The molecule has 0 spiro atoms. The predicted molar refractivity (Wildman–Crippen MR) is 105 cm³/mol. The van der Waals surface area contributed by atoms with E-state index in [9.17, 15) is 8.42 Å². The molecule has 4 nitrogen and oxygen atoms in total. The lowest BCUT2D eigenvalue weighted by molar-refractivity contribution is 0.424. The van der Waals surface area contributed by atoms with Crippen molar-refractivity contribution in [3.8, 4) is 0 Å². The zero-order valence-corrected chi connectivity index (χ0v) is 16.3. The zero-order valence-electron chi connectivity index (χ0n) is 13.9. The van der Waals surface area contributed by atoms with Crippen LogP contribution in [0.4, 0.5) is 5.69 Å². The minimum Gasteiger partial charge on any atom is -0.256 e. The van der Waals surface area contributed by atoms with Gasteiger partial charge in [-0.1, -0.05) is 40.9 Å². The van der Waals surface area contributed by atoms with Crippen LogP contribution in [0.2, 0.25) is 0 Å². The molecule has 0 unspecified atom stereocenters. The Morgan fingerprint density at radius 2 is 1.48 bits per heavy atom. The fourth-order valence-corrected chi connectivity index (χ4v) is 4.61. The number of rotatable bonds is 4. The SMILES string of the molecule is O=S(=O)(c1ccc(N=Cc2ccc(Br)cc2)cc1)N1CCCCCC1. The topological polar surface area (TPSA) is 49.7 Å². The number of halogens is 1. The number of hydrogen-bond acceptors (Lipinski definition) is 3. The number of sulfonamides is 1. The highest BCUT2D eigenvalue weighted by Crippen LogP contribution is 2.22. The van der Waals surface area contributed by atoms with Crippen LogP contribution in [0.15, 0.2) is 62.9 Å². The van der Waals surface area contributed by atoms with Crippen LogP contribution in [0, 0.1) is 0 Å². The summed E-state index contributed by atoms with van der Waals surface area (Å²) in [6.45, 7) is 1.23. The van der Waals surface area contributed by atoms with Crippen molar-refractivity contribution in [2.45, 2.75) is 30.6 Å². The first kappa shape index (κ1) is 18.3. The molecule has 1 aliphatic rings. The van der Waals surface area contributed by atoms with Gasteiger partial charge in [0.1, 0.15) is 0 Å². The van der Waals surface area contributed by atoms with Crippen molar-refractivity contribution in [2.75, 3.05) is 13.1 Å². The molecule has 1 aliphatic heterocycles. The summed E-state index contributed by atoms with van der Waals surface area (Å²) in [6.07, 6.45) is 5.86. The van der Waals surface area contributed by atoms with Gasteiger partial charge in [-0.05, 0) is 54.8 Å². The maximum Gasteiger partial charge on any atom is 0.243 e. The van der Waals surface area contributed by atoms with E-state index in [2.05, 4.69) is 20.9 Å². The first-order valence-electron chi connectivity index (χ1n) is 8.45. The van der Waals surface area contributed by atoms with Gasteiger partial charge in [0.2, 0.25) is 10.0 Å². The summed E-state index contributed by atoms with van der Waals surface area (Å²) in [6, 6.07) is 14.6. The smallest absolute Gasteiger partial charge is 0.243 e. The average Bonchev–Trinajstić information content (AvgIpc) is 2.92. The minimum absolute atomic E-state index is 0.344. The molecule has 0 aromatic heterocycles. The highest BCUT2D eigenvalue weighted by atomic mass is 79.9. The van der Waals surface area contributed by atoms with E-state index in [4.69, 9.17) is 0 Å². The van der Waals surface area contributed by atoms with Gasteiger partial charge >= 0.3 is 0 Å². The molecule has 1 saturated heterocycles. The van der Waals surface area contributed by atoms with Crippen molar-refractivity contribution in [3.05, 3.63) is 58.6 Å². The first-order valence-corrected chi connectivity index (χ1v) is 10.7. The van der Waals surface area contributed by atoms with Gasteiger partial charge in [0.15, 0.2) is 0 Å². The maximum absolute atomic E-state index is 12.7. The second kappa shape index (κ2) is 8.25. The van der Waals surface area contributed by atoms with E-state index < -0.39 is 10.0 Å². The first-order chi connectivity index (χ1) is 12.1. The molecule has 2 aromatic rings. The zero-order chi connectivity index (χ0) is 17.7. The van der Waals surface area contributed by atoms with Gasteiger partial charge in [-0.25, -0.2) is 8.42 Å². The summed E-state index contributed by atoms with van der Waals surface area (Å²) < 4.78 is 28.1. The Hall–Kier alpha value is -1.50. The Bertz CT molecular complexity index is 823. The molecular weight excluding hydrogens is 400 g/mol. The van der Waals surface area contributed by atoms with Gasteiger partial charge in [-0.3, -0.25) is 4.99 Å². The van der Waals surface area contributed by atoms with E-state index in [1.54, 1.807) is 34.8 Å². The second-order valence-corrected chi connectivity index (χ2v) is 8.98. The van der Waals surface area contributed by atoms with Gasteiger partial charge in [-0.15, -0.1) is 0 Å². The van der Waals surface area contributed by atoms with Crippen LogP contribution in [0.1, 0.15) is 31.2 Å². The standard InChI is InChI=1S/C19H21BrN2O2S/c20-17-7-5-16(6-8-17)15-21-18-9-11-19(12-10-18)25(23,24)22-13-3-1-2-4-14-22/h5-12,15H,1-4,13-14H2. The molecule has 2 aromatic carbocycles. The van der Waals surface area contributed by atoms with Gasteiger partial charge in [0.05, 0.1) is 10.6 Å². The van der Waals surface area contributed by atoms with E-state index in [-0.39, 0.29) is 0 Å². The Morgan fingerprint density at radius 1 is 0.880 bits per heavy atom. The Kier molecular flexibility index (Phi) is 6.04. The fraction of sp³-hybridized carbons (Fsp3) is 0.316. The van der Waals surface area contributed by atoms with Crippen molar-refractivity contribution in [1.82, 2.24) is 4.31 Å². The molecule has 6 heteroatoms. The van der Waals surface area contributed by atoms with Gasteiger partial charge in [0.25, 0.3) is 0 Å². The van der Waals surface area contributed by atoms with E-state index in [1.807, 2.05) is 24.3 Å². The highest BCUT2D eigenvalue weighted by molar-refractivity contribution is 9.10. The van der Waals surface area contributed by atoms with Crippen molar-refractivity contribution in [1.29, 1.82) is 0 Å². The molecule has 0 bridgehead atoms. The molecule has 0 N–H and O–H groups in total. The normalized spacial score (nSPS) is 16.8. The van der Waals surface area contributed by atoms with Crippen LogP contribution in [0.5, 0.6) is 0 Å². The summed E-state index contributed by atoms with van der Waals surface area (Å²) in [5, 5.41) is 0. The lowest BCUT2D eigenvalue weighted by atomic mass is 10.2. The third kappa shape index (κ3) is 4.77. The summed E-state index contributed by atoms with van der Waals surface area (Å²) in [5.74, 6) is 0. The summed E-state index contributed by atoms with van der Waals surface area (Å²) in [4.78, 5) is 4.75. The quantitative estimate of drug-likeness (QED) is 0.669. The minimum atomic E-state index is -3.40. The van der Waals surface area contributed by atoms with Crippen LogP contribution in [0.25, 0.3) is 0 Å². The van der Waals surface area contributed by atoms with Gasteiger partial charge in [-0.2, -0.15) is 4.31 Å². The van der Waals surface area contributed by atoms with E-state index in [0.29, 0.717) is 18.0 Å². The predicted octanol–water partition coefficient (Wildman–Crippen LogP) is 4.76. The molecule has 25 heavy (non-hydrogen) atoms. The van der Waals surface area contributed by atoms with Crippen molar-refractivity contribution in [3.63, 3.8) is 0 Å². The van der Waals surface area contributed by atoms with Crippen molar-refractivity contribution in [2.24, 2.45) is 4.99 Å². The molecule has 0 amide bonds. The van der Waals surface area contributed by atoms with Crippen LogP contribution >= 0.6 is 15.9 Å². The molecule has 1 heterocycles. The van der Waals surface area contributed by atoms with E-state index in [0.717, 1.165) is 41.4 Å². The van der Waals surface area contributed by atoms with Gasteiger partial charge < -0.3 is 0 Å². The second-order valence-electron chi connectivity index (χ2n) is 6.12. The maximum atomic E-state index is 12.7. The molecule has 0 saturated carbocycles. The molecule has 0 radical (unpaired) electrons. The Morgan fingerprint density at radius 3 is 2.08 bits per heavy atom. The molecule has 3 rings (SSSR count). The monoisotopic (exact) mass is 420 g/mol. The lowest BCUT2D eigenvalue weighted by Crippen LogP contribution is -2.31. The average molecular weight is 421 g/mol. The third-order valence-electron chi connectivity index (χ3n) is 4.27. The fourth-order valence-electron chi connectivity index (χ4n) is 2.83. The van der Waals surface area contributed by atoms with Crippen LogP contribution < -0.4 is 0 Å². The summed E-state index contributed by atoms with van der Waals surface area (Å²) in [5.41, 5.74) is 1.72. The lowest BCUT2D eigenvalue weighted by Gasteiger charge is -2.19. The third-order valence-corrected chi connectivity index (χ3v) is 6.71. The van der Waals surface area contributed by atoms with Crippen molar-refractivity contribution >= 4 is 37.9 Å². The molecule has 0 aliphatic carbocycles. The number of nitrogens with zero attached hydrogens (tertiary/aromatic N) is 2. The van der Waals surface area contributed by atoms with E-state index in [1.165, 1.54) is 0 Å². The summed E-state index contributed by atoms with van der Waals surface area (Å²) in [7, 11) is -3.40. The molecular formula is C19H21BrN2O2S. The van der Waals surface area contributed by atoms with Gasteiger partial charge in [0, 0.05) is 23.8 Å². The number of aliphatic imine (C=N–C) groups is 1. The van der Waals surface area contributed by atoms with Crippen molar-refractivity contribution < 1.29 is 8.42 Å². The largest absolute Gasteiger partial charge is 0.256 e. The summed E-state index contributed by atoms with van der Waals surface area (Å²) >= 11 is 3.40. The van der Waals surface area contributed by atoms with Crippen LogP contribution in [-0.2, 0) is 10.0 Å². The van der Waals surface area contributed by atoms with Crippen LogP contribution in [-0.4, -0.2) is 32.0 Å². The molecule has 0 atom stereocenters. The molecule has 132 valence electrons. The Balaban J connectivity index is 1.73. The number of hydrogen-bond donors (Lipinski definition) is 0. The van der Waals surface area contributed by atoms with E-state index >= 15 is 0 Å². The highest BCUT2D eigenvalue weighted by Gasteiger charge is 2.24.